The number of carbonyl (C=O) groups excluding carboxylic acids is 2. The van der Waals surface area contributed by atoms with Crippen LogP contribution in [0.25, 0.3) is 22.2 Å². The number of thiol groups is 1. The number of halogens is 9. The normalized spacial score (nSPS) is 10.2. The van der Waals surface area contributed by atoms with Crippen LogP contribution in [0.15, 0.2) is 210 Å². The van der Waals surface area contributed by atoms with Crippen molar-refractivity contribution in [1.29, 1.82) is 0 Å². The average molecular weight is 1720 g/mol. The number of hydrogen-bond acceptors (Lipinski definition) is 15. The predicted octanol–water partition coefficient (Wildman–Crippen LogP) is 22.7. The Balaban J connectivity index is 0.000000302. The first-order valence-electron chi connectivity index (χ1n) is 33.2. The van der Waals surface area contributed by atoms with Crippen molar-refractivity contribution in [3.8, 4) is 65.5 Å². The van der Waals surface area contributed by atoms with Gasteiger partial charge in [-0.15, -0.1) is 19.3 Å². The van der Waals surface area contributed by atoms with Crippen molar-refractivity contribution in [1.82, 2.24) is 29.5 Å². The van der Waals surface area contributed by atoms with E-state index < -0.39 is 3.25 Å². The van der Waals surface area contributed by atoms with Crippen molar-refractivity contribution in [2.45, 2.75) is 95.3 Å². The van der Waals surface area contributed by atoms with E-state index in [4.69, 9.17) is 132 Å². The number of fused-ring (bicyclic) bond motifs is 1. The van der Waals surface area contributed by atoms with Gasteiger partial charge in [-0.2, -0.15) is 4.98 Å². The molecule has 5 aromatic heterocycles. The molecule has 0 aliphatic rings. The summed E-state index contributed by atoms with van der Waals surface area (Å²) in [6, 6.07) is 53.9. The molecule has 11 rings (SSSR count). The maximum absolute atomic E-state index is 13.3. The van der Waals surface area contributed by atoms with Crippen molar-refractivity contribution in [3.63, 3.8) is 0 Å². The van der Waals surface area contributed by atoms with Crippen LogP contribution in [0.2, 0.25) is 20.6 Å². The second-order valence-corrected chi connectivity index (χ2v) is 29.9. The Bertz CT molecular complexity index is 4900. The fourth-order valence-electron chi connectivity index (χ4n) is 9.58. The topological polar surface area (TPSA) is 199 Å². The first-order chi connectivity index (χ1) is 52.0. The third-order valence-corrected chi connectivity index (χ3v) is 16.7. The Morgan fingerprint density at radius 2 is 0.964 bits per heavy atom. The van der Waals surface area contributed by atoms with Gasteiger partial charge in [0.15, 0.2) is 11.6 Å². The molecule has 110 heavy (non-hydrogen) atoms. The van der Waals surface area contributed by atoms with E-state index in [0.29, 0.717) is 108 Å². The molecular weight excluding hydrogens is 1640 g/mol. The number of aromatic nitrogens is 6. The molecule has 0 saturated carbocycles. The van der Waals surface area contributed by atoms with Gasteiger partial charge >= 0.3 is 30.4 Å². The molecule has 3 N–H and O–H groups in total. The van der Waals surface area contributed by atoms with Crippen LogP contribution < -0.4 is 31.0 Å². The van der Waals surface area contributed by atoms with Gasteiger partial charge in [0, 0.05) is 81.2 Å². The van der Waals surface area contributed by atoms with E-state index in [-0.39, 0.29) is 44.5 Å². The standard InChI is InChI=1S/C26H22ClN3O2.C25H23ClN2O2.C19H19NO2.C6H5BrClN.C6H6ClN.CCl4.CH4.BHNS/c1-4-13-32-21-10-11-23-22(14-21)25(20-8-6-19(7-9-20)17(2)3)29-26(31)30(23)16-18-5-12-24(27)28-15-18;1-4-13-30-21-10-11-23(27-15-18-5-12-24(26)28-16-18)22(14-21)25(29)20-8-6-19(7-9-20)17(2)3;1-4-11-22-16-9-10-18(20)17(12-16)19(21)15-7-5-14(6-8-15)13(2)3;7-3-5-1-2-6(8)9-4-5;1-5-2-3-6(7)8-4-5;2-1(3,4)5;;1-2-3/h1,5-12,14-15,17H,13,16H2,2-3H3;1,5-12,14,16-17,27H,13,15H2,2-3H3;1,5-10,12-13H,11,20H2,2-3H3;1-2,4H,3H2;2-4H,1H3;;1H4;3H. The van der Waals surface area contributed by atoms with Crippen LogP contribution >= 0.6 is 122 Å². The number of rotatable bonds is 20. The van der Waals surface area contributed by atoms with Gasteiger partial charge in [-0.25, -0.2) is 24.7 Å². The zero-order valence-electron chi connectivity index (χ0n) is 60.3. The Morgan fingerprint density at radius 1 is 0.573 bits per heavy atom. The van der Waals surface area contributed by atoms with Gasteiger partial charge in [-0.05, 0) is 142 Å². The second-order valence-electron chi connectivity index (χ2n) is 24.1. The Hall–Kier alpha value is -8.91. The molecule has 0 aliphatic carbocycles. The van der Waals surface area contributed by atoms with E-state index in [1.807, 2.05) is 110 Å². The monoisotopic (exact) mass is 1710 g/mol. The number of nitrogens with two attached hydrogens (primary N) is 1. The average Bonchev–Trinajstić information content (AvgIpc) is 0.765. The summed E-state index contributed by atoms with van der Waals surface area (Å²) in [4.78, 5) is 59.3. The number of nitrogens with one attached hydrogen (secondary N) is 1. The summed E-state index contributed by atoms with van der Waals surface area (Å²) in [7, 11) is 4.34. The van der Waals surface area contributed by atoms with E-state index in [1.54, 1.807) is 90.0 Å². The van der Waals surface area contributed by atoms with E-state index in [2.05, 4.69) is 142 Å². The summed E-state index contributed by atoms with van der Waals surface area (Å²) in [6.45, 7) is 16.0. The number of carbonyl (C=O) groups is 2. The minimum atomic E-state index is -1.61. The zero-order chi connectivity index (χ0) is 80.2. The Labute approximate surface area is 699 Å². The van der Waals surface area contributed by atoms with Crippen LogP contribution in [0, 0.1) is 44.0 Å². The molecule has 0 spiro atoms. The summed E-state index contributed by atoms with van der Waals surface area (Å²) >= 11 is 48.6. The summed E-state index contributed by atoms with van der Waals surface area (Å²) < 4.78 is 19.2. The molecule has 26 heteroatoms. The molecule has 0 bridgehead atoms. The zero-order valence-corrected chi connectivity index (χ0v) is 68.9. The number of alkyl halides is 5. The molecule has 0 aliphatic heterocycles. The number of nitrogen functional groups attached to an aromatic ring is 1. The van der Waals surface area contributed by atoms with Gasteiger partial charge < -0.3 is 25.3 Å². The quantitative estimate of drug-likeness (QED) is 0.0124. The van der Waals surface area contributed by atoms with E-state index in [0.717, 1.165) is 44.1 Å². The summed E-state index contributed by atoms with van der Waals surface area (Å²) in [5, 5.41) is 6.88. The van der Waals surface area contributed by atoms with Crippen LogP contribution in [0.1, 0.15) is 138 Å². The predicted molar refractivity (Wildman–Crippen MR) is 465 cm³/mol. The molecule has 11 aromatic rings. The van der Waals surface area contributed by atoms with Gasteiger partial charge in [-0.3, -0.25) is 14.2 Å². The first-order valence-corrected chi connectivity index (χ1v) is 37.7. The molecule has 0 atom stereocenters. The number of benzene rings is 6. The van der Waals surface area contributed by atoms with Gasteiger partial charge in [0.25, 0.3) is 3.25 Å². The van der Waals surface area contributed by atoms with Crippen LogP contribution in [0.5, 0.6) is 17.2 Å². The second kappa shape index (κ2) is 48.7. The van der Waals surface area contributed by atoms with Crippen LogP contribution in [0.4, 0.5) is 11.4 Å². The van der Waals surface area contributed by atoms with Gasteiger partial charge in [0.2, 0.25) is 0 Å². The molecule has 0 amide bonds. The minimum absolute atomic E-state index is 0. The Morgan fingerprint density at radius 3 is 1.37 bits per heavy atom. The van der Waals surface area contributed by atoms with Crippen molar-refractivity contribution in [2.75, 3.05) is 30.9 Å². The summed E-state index contributed by atoms with van der Waals surface area (Å²) in [6.07, 6.45) is 22.6. The molecule has 0 unspecified atom stereocenters. The maximum atomic E-state index is 13.3. The third-order valence-electron chi connectivity index (χ3n) is 15.2. The van der Waals surface area contributed by atoms with Crippen molar-refractivity contribution in [2.24, 2.45) is 4.30 Å². The van der Waals surface area contributed by atoms with Crippen molar-refractivity contribution >= 4 is 163 Å². The van der Waals surface area contributed by atoms with Crippen molar-refractivity contribution in [3.05, 3.63) is 293 Å². The van der Waals surface area contributed by atoms with Crippen LogP contribution in [0.3, 0.4) is 0 Å². The number of nitrogens with zero attached hydrogens (tertiary/aromatic N) is 7. The first kappa shape index (κ1) is 93.5. The molecule has 1 radical (unpaired) electrons. The number of ketones is 2. The molecular formula is C84H80BBrCl8N9O6S. The molecule has 569 valence electrons. The summed E-state index contributed by atoms with van der Waals surface area (Å²) in [5.74, 6) is 10.0. The molecule has 5 heterocycles. The van der Waals surface area contributed by atoms with E-state index >= 15 is 0 Å². The molecule has 6 aromatic carbocycles. The number of terminal acetylenes is 3. The number of aryl methyl sites for hydroxylation is 1. The van der Waals surface area contributed by atoms with Gasteiger partial charge in [-0.1, -0.05) is 273 Å². The van der Waals surface area contributed by atoms with Gasteiger partial charge in [0.05, 0.1) is 17.8 Å². The molecule has 0 fully saturated rings. The van der Waals surface area contributed by atoms with E-state index in [9.17, 15) is 14.4 Å². The molecule has 15 nitrogen and oxygen atoms in total. The fraction of sp³-hybridized carbons (Fsp3) is 0.214. The third kappa shape index (κ3) is 32.6. The van der Waals surface area contributed by atoms with E-state index in [1.165, 1.54) is 16.7 Å². The van der Waals surface area contributed by atoms with Crippen molar-refractivity contribution < 1.29 is 23.8 Å². The Kier molecular flexibility index (Phi) is 41.4. The SMILES string of the molecule is C.C#CCOc1ccc(N)c(C(=O)c2ccc(C(C)C)cc2)c1.C#CCOc1ccc(NCc2ccc(Cl)nc2)c(C(=O)c2ccc(C(C)C)cc2)c1.C#CCOc1ccc2c(c1)c(-c1ccc(C(C)C)cc1)nc(=O)n2Cc1ccc(Cl)nc1.Cc1ccc(Cl)nc1.ClC(Cl)(Cl)Cl.Clc1ccc(CBr)cn1.[B]=NS. The summed E-state index contributed by atoms with van der Waals surface area (Å²) in [5.41, 5.74) is 18.8. The fourth-order valence-corrected chi connectivity index (χ4v) is 10.4. The number of hydrogen-bond donors (Lipinski definition) is 3. The molecule has 0 saturated heterocycles. The van der Waals surface area contributed by atoms with Gasteiger partial charge in [0.1, 0.15) is 57.7 Å². The number of ether oxygens (including phenoxy) is 3. The van der Waals surface area contributed by atoms with Crippen LogP contribution in [-0.4, -0.2) is 71.8 Å². The number of pyridine rings is 4. The number of anilines is 2. The van der Waals surface area contributed by atoms with Crippen LogP contribution in [-0.2, 0) is 18.4 Å².